The van der Waals surface area contributed by atoms with Crippen LogP contribution < -0.4 is 15.5 Å². The van der Waals surface area contributed by atoms with Crippen LogP contribution in [0.1, 0.15) is 12.0 Å². The summed E-state index contributed by atoms with van der Waals surface area (Å²) in [6, 6.07) is 15.9. The summed E-state index contributed by atoms with van der Waals surface area (Å²) in [5, 5.41) is 14.4. The Morgan fingerprint density at radius 3 is 2.65 bits per heavy atom. The number of carbonyl (C=O) groups is 1. The van der Waals surface area contributed by atoms with Gasteiger partial charge in [-0.2, -0.15) is 0 Å². The molecular weight excluding hydrogens is 290 g/mol. The van der Waals surface area contributed by atoms with Crippen LogP contribution in [0.5, 0.6) is 0 Å². The van der Waals surface area contributed by atoms with Gasteiger partial charge >= 0.3 is 6.03 Å². The van der Waals surface area contributed by atoms with Crippen LogP contribution in [-0.4, -0.2) is 30.8 Å². The molecule has 120 valence electrons. The summed E-state index contributed by atoms with van der Waals surface area (Å²) < 4.78 is 0. The number of urea groups is 1. The van der Waals surface area contributed by atoms with Gasteiger partial charge in [0.25, 0.3) is 0 Å². The van der Waals surface area contributed by atoms with Crippen molar-refractivity contribution in [3.05, 3.63) is 54.1 Å². The molecule has 0 aromatic heterocycles. The van der Waals surface area contributed by atoms with E-state index in [1.165, 1.54) is 11.3 Å². The zero-order valence-electron chi connectivity index (χ0n) is 13.0. The van der Waals surface area contributed by atoms with Gasteiger partial charge in [0.15, 0.2) is 0 Å². The van der Waals surface area contributed by atoms with Crippen molar-refractivity contribution in [1.29, 1.82) is 0 Å². The van der Waals surface area contributed by atoms with Crippen molar-refractivity contribution in [2.45, 2.75) is 12.8 Å². The lowest BCUT2D eigenvalue weighted by atomic mass is 10.2. The van der Waals surface area contributed by atoms with E-state index >= 15 is 0 Å². The molecule has 23 heavy (non-hydrogen) atoms. The minimum absolute atomic E-state index is 0.0709. The smallest absolute Gasteiger partial charge is 0.319 e. The maximum absolute atomic E-state index is 12.0. The first kappa shape index (κ1) is 15.4. The first-order valence-electron chi connectivity index (χ1n) is 7.90. The highest BCUT2D eigenvalue weighted by Gasteiger charge is 2.22. The number of hydrogen-bond donors (Lipinski definition) is 3. The Balaban J connectivity index is 1.78. The number of aliphatic hydroxyl groups excluding tert-OH is 1. The fourth-order valence-corrected chi connectivity index (χ4v) is 2.85. The predicted molar refractivity (Wildman–Crippen MR) is 92.3 cm³/mol. The lowest BCUT2D eigenvalue weighted by Gasteiger charge is -2.23. The zero-order chi connectivity index (χ0) is 16.1. The Labute approximate surface area is 135 Å². The SMILES string of the molecule is O=C(NCCCO)Nc1ccccc1N1CCc2ccccc21. The van der Waals surface area contributed by atoms with E-state index in [0.29, 0.717) is 13.0 Å². The van der Waals surface area contributed by atoms with Gasteiger partial charge in [-0.15, -0.1) is 0 Å². The average Bonchev–Trinajstić information content (AvgIpc) is 2.99. The van der Waals surface area contributed by atoms with Crippen LogP contribution in [0.4, 0.5) is 21.9 Å². The lowest BCUT2D eigenvalue weighted by molar-refractivity contribution is 0.249. The monoisotopic (exact) mass is 311 g/mol. The van der Waals surface area contributed by atoms with Gasteiger partial charge < -0.3 is 20.6 Å². The van der Waals surface area contributed by atoms with Crippen molar-refractivity contribution >= 4 is 23.1 Å². The van der Waals surface area contributed by atoms with Gasteiger partial charge in [0.05, 0.1) is 11.4 Å². The molecule has 1 aliphatic rings. The number of nitrogens with zero attached hydrogens (tertiary/aromatic N) is 1. The van der Waals surface area contributed by atoms with Gasteiger partial charge in [-0.1, -0.05) is 30.3 Å². The van der Waals surface area contributed by atoms with Crippen LogP contribution in [-0.2, 0) is 6.42 Å². The number of para-hydroxylation sites is 3. The molecule has 1 aliphatic heterocycles. The molecule has 0 fully saturated rings. The Morgan fingerprint density at radius 2 is 1.83 bits per heavy atom. The standard InChI is InChI=1S/C18H21N3O2/c22-13-5-11-19-18(23)20-15-7-2-4-9-17(15)21-12-10-14-6-1-3-8-16(14)21/h1-4,6-9,22H,5,10-13H2,(H2,19,20,23). The molecule has 0 bridgehead atoms. The summed E-state index contributed by atoms with van der Waals surface area (Å²) in [5.74, 6) is 0. The van der Waals surface area contributed by atoms with Crippen molar-refractivity contribution in [3.8, 4) is 0 Å². The molecule has 2 aromatic carbocycles. The summed E-state index contributed by atoms with van der Waals surface area (Å²) in [6.07, 6.45) is 1.56. The minimum atomic E-state index is -0.251. The molecule has 0 radical (unpaired) electrons. The highest BCUT2D eigenvalue weighted by atomic mass is 16.3. The number of benzene rings is 2. The van der Waals surface area contributed by atoms with Crippen molar-refractivity contribution < 1.29 is 9.90 Å². The number of amides is 2. The number of hydrogen-bond acceptors (Lipinski definition) is 3. The molecule has 2 aromatic rings. The van der Waals surface area contributed by atoms with Gasteiger partial charge in [0, 0.05) is 25.4 Å². The van der Waals surface area contributed by atoms with E-state index in [1.54, 1.807) is 0 Å². The maximum atomic E-state index is 12.0. The van der Waals surface area contributed by atoms with Crippen LogP contribution in [0.3, 0.4) is 0 Å². The van der Waals surface area contributed by atoms with E-state index in [0.717, 1.165) is 24.3 Å². The van der Waals surface area contributed by atoms with Gasteiger partial charge in [0.2, 0.25) is 0 Å². The van der Waals surface area contributed by atoms with Crippen LogP contribution in [0, 0.1) is 0 Å². The summed E-state index contributed by atoms with van der Waals surface area (Å²) >= 11 is 0. The number of nitrogens with one attached hydrogen (secondary N) is 2. The number of fused-ring (bicyclic) bond motifs is 1. The molecule has 3 rings (SSSR count). The van der Waals surface area contributed by atoms with E-state index < -0.39 is 0 Å². The summed E-state index contributed by atoms with van der Waals surface area (Å²) in [6.45, 7) is 1.43. The second-order valence-corrected chi connectivity index (χ2v) is 5.51. The topological polar surface area (TPSA) is 64.6 Å². The summed E-state index contributed by atoms with van der Waals surface area (Å²) in [5.41, 5.74) is 4.30. The third-order valence-corrected chi connectivity index (χ3v) is 3.95. The highest BCUT2D eigenvalue weighted by Crippen LogP contribution is 2.37. The van der Waals surface area contributed by atoms with Gasteiger partial charge in [-0.05, 0) is 36.6 Å². The molecule has 2 amide bonds. The molecule has 0 atom stereocenters. The molecule has 0 saturated heterocycles. The van der Waals surface area contributed by atoms with Crippen LogP contribution in [0.25, 0.3) is 0 Å². The second kappa shape index (κ2) is 7.15. The molecule has 5 heteroatoms. The van der Waals surface area contributed by atoms with Crippen molar-refractivity contribution in [2.24, 2.45) is 0 Å². The van der Waals surface area contributed by atoms with Gasteiger partial charge in [-0.3, -0.25) is 0 Å². The Kier molecular flexibility index (Phi) is 4.78. The first-order chi connectivity index (χ1) is 11.3. The number of aliphatic hydroxyl groups is 1. The Hall–Kier alpha value is -2.53. The molecule has 0 spiro atoms. The third-order valence-electron chi connectivity index (χ3n) is 3.95. The Morgan fingerprint density at radius 1 is 1.09 bits per heavy atom. The van der Waals surface area contributed by atoms with Crippen molar-refractivity contribution in [1.82, 2.24) is 5.32 Å². The fraction of sp³-hybridized carbons (Fsp3) is 0.278. The second-order valence-electron chi connectivity index (χ2n) is 5.51. The highest BCUT2D eigenvalue weighted by molar-refractivity contribution is 5.94. The van der Waals surface area contributed by atoms with E-state index in [1.807, 2.05) is 30.3 Å². The van der Waals surface area contributed by atoms with E-state index in [-0.39, 0.29) is 12.6 Å². The molecular formula is C18H21N3O2. The molecule has 0 saturated carbocycles. The number of rotatable bonds is 5. The number of carbonyl (C=O) groups excluding carboxylic acids is 1. The normalized spacial score (nSPS) is 12.8. The molecule has 0 unspecified atom stereocenters. The van der Waals surface area contributed by atoms with E-state index in [9.17, 15) is 4.79 Å². The quantitative estimate of drug-likeness (QED) is 0.744. The van der Waals surface area contributed by atoms with Crippen molar-refractivity contribution in [2.75, 3.05) is 29.9 Å². The predicted octanol–water partition coefficient (Wildman–Crippen LogP) is 2.88. The van der Waals surface area contributed by atoms with E-state index in [4.69, 9.17) is 5.11 Å². The third kappa shape index (κ3) is 3.46. The molecule has 1 heterocycles. The summed E-state index contributed by atoms with van der Waals surface area (Å²) in [4.78, 5) is 14.2. The zero-order valence-corrected chi connectivity index (χ0v) is 13.0. The Bertz CT molecular complexity index is 687. The van der Waals surface area contributed by atoms with E-state index in [2.05, 4.69) is 33.7 Å². The average molecular weight is 311 g/mol. The molecule has 0 aliphatic carbocycles. The number of anilines is 3. The van der Waals surface area contributed by atoms with Gasteiger partial charge in [-0.25, -0.2) is 4.79 Å². The van der Waals surface area contributed by atoms with Crippen molar-refractivity contribution in [3.63, 3.8) is 0 Å². The fourth-order valence-electron chi connectivity index (χ4n) is 2.85. The van der Waals surface area contributed by atoms with Crippen LogP contribution in [0.15, 0.2) is 48.5 Å². The summed E-state index contributed by atoms with van der Waals surface area (Å²) in [7, 11) is 0. The molecule has 5 nitrogen and oxygen atoms in total. The maximum Gasteiger partial charge on any atom is 0.319 e. The van der Waals surface area contributed by atoms with Crippen LogP contribution >= 0.6 is 0 Å². The first-order valence-corrected chi connectivity index (χ1v) is 7.90. The largest absolute Gasteiger partial charge is 0.396 e. The van der Waals surface area contributed by atoms with Crippen LogP contribution in [0.2, 0.25) is 0 Å². The lowest BCUT2D eigenvalue weighted by Crippen LogP contribution is -2.30. The van der Waals surface area contributed by atoms with Gasteiger partial charge in [0.1, 0.15) is 0 Å². The minimum Gasteiger partial charge on any atom is -0.396 e. The molecule has 3 N–H and O–H groups in total.